The summed E-state index contributed by atoms with van der Waals surface area (Å²) < 4.78 is 5.52. The van der Waals surface area contributed by atoms with Gasteiger partial charge in [-0.2, -0.15) is 5.26 Å². The van der Waals surface area contributed by atoms with Crippen molar-refractivity contribution in [2.45, 2.75) is 0 Å². The minimum atomic E-state index is -0.0736. The Morgan fingerprint density at radius 3 is 2.38 bits per heavy atom. The molecule has 3 rings (SSSR count). The van der Waals surface area contributed by atoms with E-state index in [2.05, 4.69) is 11.0 Å². The predicted molar refractivity (Wildman–Crippen MR) is 102 cm³/mol. The number of hydrogen-bond donors (Lipinski definition) is 0. The normalized spacial score (nSPS) is 14.0. The smallest absolute Gasteiger partial charge is 0.260 e. The van der Waals surface area contributed by atoms with Gasteiger partial charge in [-0.05, 0) is 42.5 Å². The Morgan fingerprint density at radius 2 is 1.77 bits per heavy atom. The second-order valence-electron chi connectivity index (χ2n) is 5.89. The van der Waals surface area contributed by atoms with Crippen LogP contribution in [0.4, 0.5) is 5.69 Å². The summed E-state index contributed by atoms with van der Waals surface area (Å²) in [7, 11) is 0. The molecule has 0 atom stereocenters. The molecule has 0 aromatic heterocycles. The Labute approximate surface area is 162 Å². The molecule has 0 bridgehead atoms. The molecule has 0 spiro atoms. The lowest BCUT2D eigenvalue weighted by Crippen LogP contribution is -2.50. The van der Waals surface area contributed by atoms with Crippen LogP contribution in [-0.4, -0.2) is 43.6 Å². The summed E-state index contributed by atoms with van der Waals surface area (Å²) in [4.78, 5) is 16.3. The van der Waals surface area contributed by atoms with E-state index in [-0.39, 0.29) is 12.5 Å². The highest BCUT2D eigenvalue weighted by Gasteiger charge is 2.21. The van der Waals surface area contributed by atoms with Crippen LogP contribution >= 0.6 is 23.2 Å². The summed E-state index contributed by atoms with van der Waals surface area (Å²) in [5.74, 6) is 0.371. The first kappa shape index (κ1) is 18.4. The molecular weight excluding hydrogens is 373 g/mol. The zero-order valence-electron chi connectivity index (χ0n) is 14.0. The summed E-state index contributed by atoms with van der Waals surface area (Å²) in [6.07, 6.45) is 0. The van der Waals surface area contributed by atoms with Crippen LogP contribution in [0.5, 0.6) is 5.75 Å². The fraction of sp³-hybridized carbons (Fsp3) is 0.263. The van der Waals surface area contributed by atoms with E-state index in [4.69, 9.17) is 33.2 Å². The minimum absolute atomic E-state index is 0.0573. The van der Waals surface area contributed by atoms with Crippen LogP contribution in [0, 0.1) is 11.3 Å². The van der Waals surface area contributed by atoms with E-state index in [1.807, 2.05) is 12.1 Å². The summed E-state index contributed by atoms with van der Waals surface area (Å²) in [5.41, 5.74) is 1.70. The van der Waals surface area contributed by atoms with Crippen LogP contribution in [0.15, 0.2) is 42.5 Å². The number of nitrogens with zero attached hydrogens (tertiary/aromatic N) is 3. The molecule has 2 aromatic rings. The SMILES string of the molecule is N#Cc1ccc(N2CCN(C(=O)COc3ccc(Cl)cc3Cl)CC2)cc1. The van der Waals surface area contributed by atoms with E-state index in [1.165, 1.54) is 0 Å². The van der Waals surface area contributed by atoms with Gasteiger partial charge in [0.15, 0.2) is 6.61 Å². The number of nitriles is 1. The number of halogens is 2. The molecule has 1 aliphatic rings. The van der Waals surface area contributed by atoms with Gasteiger partial charge in [0.1, 0.15) is 5.75 Å². The number of carbonyl (C=O) groups is 1. The topological polar surface area (TPSA) is 56.6 Å². The van der Waals surface area contributed by atoms with E-state index in [0.717, 1.165) is 18.8 Å². The monoisotopic (exact) mass is 389 g/mol. The Morgan fingerprint density at radius 1 is 1.08 bits per heavy atom. The van der Waals surface area contributed by atoms with Crippen LogP contribution in [0.3, 0.4) is 0 Å². The molecule has 0 N–H and O–H groups in total. The number of anilines is 1. The molecule has 2 aromatic carbocycles. The van der Waals surface area contributed by atoms with E-state index < -0.39 is 0 Å². The molecule has 0 unspecified atom stereocenters. The number of carbonyl (C=O) groups excluding carboxylic acids is 1. The Bertz CT molecular complexity index is 826. The lowest BCUT2D eigenvalue weighted by atomic mass is 10.2. The number of piperazine rings is 1. The van der Waals surface area contributed by atoms with Crippen molar-refractivity contribution in [3.05, 3.63) is 58.1 Å². The summed E-state index contributed by atoms with van der Waals surface area (Å²) in [5, 5.41) is 9.77. The van der Waals surface area contributed by atoms with Gasteiger partial charge in [-0.15, -0.1) is 0 Å². The first-order valence-corrected chi connectivity index (χ1v) is 8.93. The number of ether oxygens (including phenoxy) is 1. The predicted octanol–water partition coefficient (Wildman–Crippen LogP) is 3.59. The van der Waals surface area contributed by atoms with Gasteiger partial charge >= 0.3 is 0 Å². The van der Waals surface area contributed by atoms with Crippen molar-refractivity contribution >= 4 is 34.8 Å². The van der Waals surface area contributed by atoms with Crippen LogP contribution < -0.4 is 9.64 Å². The molecule has 0 saturated carbocycles. The zero-order valence-corrected chi connectivity index (χ0v) is 15.5. The van der Waals surface area contributed by atoms with Gasteiger partial charge < -0.3 is 14.5 Å². The van der Waals surface area contributed by atoms with Crippen molar-refractivity contribution in [1.29, 1.82) is 5.26 Å². The van der Waals surface area contributed by atoms with Gasteiger partial charge in [0, 0.05) is 36.9 Å². The van der Waals surface area contributed by atoms with E-state index in [9.17, 15) is 4.79 Å². The standard InChI is InChI=1S/C19H17Cl2N3O2/c20-15-3-6-18(17(21)11-15)26-13-19(25)24-9-7-23(8-10-24)16-4-1-14(12-22)2-5-16/h1-6,11H,7-10,13H2. The Balaban J connectivity index is 1.50. The lowest BCUT2D eigenvalue weighted by Gasteiger charge is -2.36. The van der Waals surface area contributed by atoms with Gasteiger partial charge in [0.2, 0.25) is 0 Å². The second-order valence-corrected chi connectivity index (χ2v) is 6.73. The van der Waals surface area contributed by atoms with E-state index >= 15 is 0 Å². The average Bonchev–Trinajstić information content (AvgIpc) is 2.67. The van der Waals surface area contributed by atoms with Gasteiger partial charge in [-0.25, -0.2) is 0 Å². The molecule has 26 heavy (non-hydrogen) atoms. The molecule has 1 aliphatic heterocycles. The fourth-order valence-electron chi connectivity index (χ4n) is 2.78. The van der Waals surface area contributed by atoms with E-state index in [1.54, 1.807) is 35.2 Å². The third-order valence-electron chi connectivity index (χ3n) is 4.24. The molecule has 1 amide bonds. The quantitative estimate of drug-likeness (QED) is 0.801. The van der Waals surface area contributed by atoms with Crippen LogP contribution in [-0.2, 0) is 4.79 Å². The molecule has 1 heterocycles. The van der Waals surface area contributed by atoms with Crippen LogP contribution in [0.25, 0.3) is 0 Å². The summed E-state index contributed by atoms with van der Waals surface area (Å²) in [6.45, 7) is 2.66. The minimum Gasteiger partial charge on any atom is -0.482 e. The fourth-order valence-corrected chi connectivity index (χ4v) is 3.25. The lowest BCUT2D eigenvalue weighted by molar-refractivity contribution is -0.133. The van der Waals surface area contributed by atoms with Gasteiger partial charge in [0.05, 0.1) is 16.7 Å². The Kier molecular flexibility index (Phi) is 5.87. The molecule has 1 saturated heterocycles. The van der Waals surface area contributed by atoms with Gasteiger partial charge in [-0.3, -0.25) is 4.79 Å². The van der Waals surface area contributed by atoms with Crippen LogP contribution in [0.1, 0.15) is 5.56 Å². The first-order valence-electron chi connectivity index (χ1n) is 8.17. The zero-order chi connectivity index (χ0) is 18.5. The number of amides is 1. The van der Waals surface area contributed by atoms with Crippen molar-refractivity contribution in [1.82, 2.24) is 4.90 Å². The highest BCUT2D eigenvalue weighted by Crippen LogP contribution is 2.27. The average molecular weight is 390 g/mol. The van der Waals surface area contributed by atoms with Crippen molar-refractivity contribution in [3.63, 3.8) is 0 Å². The summed E-state index contributed by atoms with van der Waals surface area (Å²) >= 11 is 11.9. The van der Waals surface area contributed by atoms with Crippen molar-refractivity contribution in [2.24, 2.45) is 0 Å². The van der Waals surface area contributed by atoms with Crippen molar-refractivity contribution in [3.8, 4) is 11.8 Å². The van der Waals surface area contributed by atoms with Crippen molar-refractivity contribution in [2.75, 3.05) is 37.7 Å². The molecule has 134 valence electrons. The maximum atomic E-state index is 12.4. The van der Waals surface area contributed by atoms with Gasteiger partial charge in [-0.1, -0.05) is 23.2 Å². The molecular formula is C19H17Cl2N3O2. The molecule has 7 heteroatoms. The van der Waals surface area contributed by atoms with E-state index in [0.29, 0.717) is 34.4 Å². The second kappa shape index (κ2) is 8.31. The molecule has 1 fully saturated rings. The van der Waals surface area contributed by atoms with Crippen LogP contribution in [0.2, 0.25) is 10.0 Å². The molecule has 0 aliphatic carbocycles. The largest absolute Gasteiger partial charge is 0.482 e. The van der Waals surface area contributed by atoms with Crippen molar-refractivity contribution < 1.29 is 9.53 Å². The highest BCUT2D eigenvalue weighted by molar-refractivity contribution is 6.35. The number of rotatable bonds is 4. The summed E-state index contributed by atoms with van der Waals surface area (Å²) in [6, 6.07) is 14.5. The maximum absolute atomic E-state index is 12.4. The highest BCUT2D eigenvalue weighted by atomic mass is 35.5. The first-order chi connectivity index (χ1) is 12.6. The third kappa shape index (κ3) is 4.40. The number of benzene rings is 2. The van der Waals surface area contributed by atoms with Gasteiger partial charge in [0.25, 0.3) is 5.91 Å². The molecule has 0 radical (unpaired) electrons. The maximum Gasteiger partial charge on any atom is 0.260 e. The molecule has 5 nitrogen and oxygen atoms in total. The number of hydrogen-bond acceptors (Lipinski definition) is 4. The Hall–Kier alpha value is -2.42. The third-order valence-corrected chi connectivity index (χ3v) is 4.77.